The first-order chi connectivity index (χ1) is 15.2. The Morgan fingerprint density at radius 2 is 1.16 bits per heavy atom. The van der Waals surface area contributed by atoms with Gasteiger partial charge in [-0.05, 0) is 51.1 Å². The van der Waals surface area contributed by atoms with Crippen LogP contribution in [0.2, 0.25) is 0 Å². The van der Waals surface area contributed by atoms with Crippen molar-refractivity contribution in [3.8, 4) is 0 Å². The summed E-state index contributed by atoms with van der Waals surface area (Å²) in [7, 11) is 1.82. The van der Waals surface area contributed by atoms with Crippen molar-refractivity contribution in [2.45, 2.75) is 39.5 Å². The fraction of sp³-hybridized carbons (Fsp3) is 0.241. The van der Waals surface area contributed by atoms with E-state index in [0.717, 1.165) is 31.1 Å². The molecule has 0 atom stereocenters. The first-order valence-corrected chi connectivity index (χ1v) is 11.1. The molecule has 0 saturated carbocycles. The first kappa shape index (κ1) is 22.4. The first-order valence-electron chi connectivity index (χ1n) is 11.1. The van der Waals surface area contributed by atoms with E-state index in [1.807, 2.05) is 37.5 Å². The van der Waals surface area contributed by atoms with E-state index in [0.29, 0.717) is 0 Å². The third-order valence-electron chi connectivity index (χ3n) is 5.55. The maximum absolute atomic E-state index is 10.9. The molecule has 0 fully saturated rings. The van der Waals surface area contributed by atoms with Crippen molar-refractivity contribution in [1.82, 2.24) is 0 Å². The molecule has 2 heteroatoms. The van der Waals surface area contributed by atoms with Crippen molar-refractivity contribution in [2.24, 2.45) is 4.99 Å². The summed E-state index contributed by atoms with van der Waals surface area (Å²) in [4.78, 5) is 15.1. The van der Waals surface area contributed by atoms with Gasteiger partial charge in [-0.25, -0.2) is 0 Å². The second kappa shape index (κ2) is 11.2. The minimum atomic E-state index is 0.829. The van der Waals surface area contributed by atoms with Gasteiger partial charge >= 0.3 is 0 Å². The number of fused-ring (bicyclic) bond motifs is 2. The number of nitrogens with zero attached hydrogens (tertiary/aromatic N) is 1. The minimum Gasteiger partial charge on any atom is -0.298 e. The highest BCUT2D eigenvalue weighted by atomic mass is 16.1. The molecule has 4 aromatic rings. The molecule has 0 aliphatic rings. The normalized spacial score (nSPS) is 10.9. The Morgan fingerprint density at radius 1 is 0.677 bits per heavy atom. The Bertz CT molecular complexity index is 1190. The molecule has 0 aliphatic heterocycles. The van der Waals surface area contributed by atoms with Crippen LogP contribution in [0, 0.1) is 0 Å². The zero-order valence-electron chi connectivity index (χ0n) is 18.8. The number of hydrogen-bond donors (Lipinski definition) is 0. The fourth-order valence-corrected chi connectivity index (χ4v) is 4.13. The molecule has 2 nitrogen and oxygen atoms in total. The number of carbonyl (C=O) groups excluding carboxylic acids is 1. The molecule has 0 amide bonds. The van der Waals surface area contributed by atoms with Crippen LogP contribution in [0.25, 0.3) is 21.5 Å². The topological polar surface area (TPSA) is 29.4 Å². The van der Waals surface area contributed by atoms with Crippen LogP contribution >= 0.6 is 0 Å². The van der Waals surface area contributed by atoms with E-state index in [4.69, 9.17) is 0 Å². The average molecular weight is 410 g/mol. The second-order valence-corrected chi connectivity index (χ2v) is 7.71. The zero-order chi connectivity index (χ0) is 22.1. The number of aldehydes is 1. The molecule has 4 aromatic carbocycles. The lowest BCUT2D eigenvalue weighted by Crippen LogP contribution is -1.94. The summed E-state index contributed by atoms with van der Waals surface area (Å²) in [5.41, 5.74) is 4.69. The number of carbonyl (C=O) groups is 1. The summed E-state index contributed by atoms with van der Waals surface area (Å²) in [5.74, 6) is 0. The van der Waals surface area contributed by atoms with Gasteiger partial charge in [0.15, 0.2) is 0 Å². The molecule has 158 valence electrons. The highest BCUT2D eigenvalue weighted by Crippen LogP contribution is 2.24. The van der Waals surface area contributed by atoms with E-state index in [-0.39, 0.29) is 0 Å². The van der Waals surface area contributed by atoms with E-state index in [1.54, 1.807) is 0 Å². The van der Waals surface area contributed by atoms with E-state index in [9.17, 15) is 4.79 Å². The van der Waals surface area contributed by atoms with Crippen LogP contribution in [0.1, 0.15) is 53.7 Å². The number of rotatable bonds is 6. The van der Waals surface area contributed by atoms with Crippen molar-refractivity contribution >= 4 is 34.0 Å². The van der Waals surface area contributed by atoms with Gasteiger partial charge in [0.2, 0.25) is 0 Å². The van der Waals surface area contributed by atoms with Crippen molar-refractivity contribution in [2.75, 3.05) is 7.05 Å². The molecule has 31 heavy (non-hydrogen) atoms. The Hall–Kier alpha value is -3.26. The molecule has 0 saturated heterocycles. The summed E-state index contributed by atoms with van der Waals surface area (Å²) in [6.45, 7) is 4.35. The summed E-state index contributed by atoms with van der Waals surface area (Å²) < 4.78 is 0. The van der Waals surface area contributed by atoms with Gasteiger partial charge in [0.1, 0.15) is 6.29 Å². The van der Waals surface area contributed by atoms with Crippen LogP contribution in [0.5, 0.6) is 0 Å². The van der Waals surface area contributed by atoms with Gasteiger partial charge in [0.25, 0.3) is 0 Å². The second-order valence-electron chi connectivity index (χ2n) is 7.71. The molecule has 0 aromatic heterocycles. The van der Waals surface area contributed by atoms with Crippen molar-refractivity contribution in [1.29, 1.82) is 0 Å². The average Bonchev–Trinajstić information content (AvgIpc) is 2.81. The molecule has 4 rings (SSSR count). The molecule has 0 bridgehead atoms. The van der Waals surface area contributed by atoms with Crippen molar-refractivity contribution in [3.05, 3.63) is 95.1 Å². The van der Waals surface area contributed by atoms with E-state index in [1.165, 1.54) is 44.7 Å². The minimum absolute atomic E-state index is 0.829. The van der Waals surface area contributed by atoms with E-state index in [2.05, 4.69) is 67.4 Å². The Labute approximate surface area is 185 Å². The molecular formula is C29H31NO. The lowest BCUT2D eigenvalue weighted by molar-refractivity contribution is 0.112. The van der Waals surface area contributed by atoms with Gasteiger partial charge < -0.3 is 0 Å². The lowest BCUT2D eigenvalue weighted by Gasteiger charge is -2.09. The molecule has 0 heterocycles. The van der Waals surface area contributed by atoms with Crippen molar-refractivity contribution < 1.29 is 4.79 Å². The summed E-state index contributed by atoms with van der Waals surface area (Å²) >= 11 is 0. The monoisotopic (exact) mass is 409 g/mol. The fourth-order valence-electron chi connectivity index (χ4n) is 4.13. The molecule has 0 radical (unpaired) electrons. The van der Waals surface area contributed by atoms with Gasteiger partial charge in [-0.15, -0.1) is 0 Å². The van der Waals surface area contributed by atoms with E-state index < -0.39 is 0 Å². The van der Waals surface area contributed by atoms with Gasteiger partial charge in [-0.2, -0.15) is 0 Å². The van der Waals surface area contributed by atoms with Crippen LogP contribution in [0.3, 0.4) is 0 Å². The third-order valence-corrected chi connectivity index (χ3v) is 5.55. The molecule has 0 aliphatic carbocycles. The SMILES string of the molecule is CCCc1c(C=NC)ccc2ccccc12.CCCc1c(C=O)ccc2ccccc12. The highest BCUT2D eigenvalue weighted by Gasteiger charge is 2.06. The van der Waals surface area contributed by atoms with Crippen LogP contribution in [-0.2, 0) is 12.8 Å². The maximum Gasteiger partial charge on any atom is 0.150 e. The summed E-state index contributed by atoms with van der Waals surface area (Å²) in [6.07, 6.45) is 7.22. The standard InChI is InChI=1S/C15H17N.C14H14O/c1-3-6-14-13(11-16-2)10-9-12-7-4-5-8-15(12)14;1-2-5-13-12(10-15)9-8-11-6-3-4-7-14(11)13/h4-5,7-11H,3,6H2,1-2H3;3-4,6-10H,2,5H2,1H3. The smallest absolute Gasteiger partial charge is 0.150 e. The molecular weight excluding hydrogens is 378 g/mol. The Morgan fingerprint density at radius 3 is 1.65 bits per heavy atom. The molecule has 0 spiro atoms. The Kier molecular flexibility index (Phi) is 8.12. The van der Waals surface area contributed by atoms with E-state index >= 15 is 0 Å². The number of aliphatic imine (C=N–C) groups is 1. The predicted molar refractivity (Wildman–Crippen MR) is 135 cm³/mol. The van der Waals surface area contributed by atoms with Crippen LogP contribution in [0.4, 0.5) is 0 Å². The largest absolute Gasteiger partial charge is 0.298 e. The zero-order valence-corrected chi connectivity index (χ0v) is 18.8. The molecule has 0 unspecified atom stereocenters. The van der Waals surface area contributed by atoms with Gasteiger partial charge in [-0.1, -0.05) is 99.5 Å². The third kappa shape index (κ3) is 5.27. The predicted octanol–water partition coefficient (Wildman–Crippen LogP) is 7.45. The van der Waals surface area contributed by atoms with Gasteiger partial charge in [0.05, 0.1) is 0 Å². The quantitative estimate of drug-likeness (QED) is 0.240. The van der Waals surface area contributed by atoms with Crippen LogP contribution in [-0.4, -0.2) is 19.5 Å². The summed E-state index contributed by atoms with van der Waals surface area (Å²) in [6, 6.07) is 25.1. The number of aryl methyl sites for hydroxylation is 2. The highest BCUT2D eigenvalue weighted by molar-refractivity contribution is 5.94. The van der Waals surface area contributed by atoms with Gasteiger partial charge in [0, 0.05) is 18.8 Å². The van der Waals surface area contributed by atoms with Crippen LogP contribution in [0.15, 0.2) is 77.8 Å². The van der Waals surface area contributed by atoms with Crippen LogP contribution < -0.4 is 0 Å². The maximum atomic E-state index is 10.9. The molecule has 0 N–H and O–H groups in total. The summed E-state index contributed by atoms with van der Waals surface area (Å²) in [5, 5.41) is 5.11. The van der Waals surface area contributed by atoms with Crippen molar-refractivity contribution in [3.63, 3.8) is 0 Å². The van der Waals surface area contributed by atoms with Gasteiger partial charge in [-0.3, -0.25) is 9.79 Å². The lowest BCUT2D eigenvalue weighted by atomic mass is 9.96. The number of hydrogen-bond acceptors (Lipinski definition) is 2. The Balaban J connectivity index is 0.000000176. The number of benzene rings is 4.